The van der Waals surface area contributed by atoms with Crippen molar-refractivity contribution in [2.45, 2.75) is 46.3 Å². The van der Waals surface area contributed by atoms with Crippen LogP contribution in [0.1, 0.15) is 38.8 Å². The molecule has 0 aromatic heterocycles. The molecule has 1 aromatic carbocycles. The van der Waals surface area contributed by atoms with E-state index in [1.807, 2.05) is 0 Å². The van der Waals surface area contributed by atoms with Gasteiger partial charge in [0.05, 0.1) is 11.7 Å². The van der Waals surface area contributed by atoms with Crippen LogP contribution in [0.15, 0.2) is 24.3 Å². The molecule has 0 heterocycles. The van der Waals surface area contributed by atoms with Gasteiger partial charge in [-0.05, 0) is 45.7 Å². The van der Waals surface area contributed by atoms with Gasteiger partial charge in [-0.25, -0.2) is 0 Å². The Bertz CT molecular complexity index is 300. The number of aryl methyl sites for hydroxylation is 1. The van der Waals surface area contributed by atoms with E-state index in [9.17, 15) is 0 Å². The van der Waals surface area contributed by atoms with E-state index >= 15 is 0 Å². The van der Waals surface area contributed by atoms with Crippen LogP contribution in [0, 0.1) is 6.92 Å². The molecule has 1 aromatic rings. The van der Waals surface area contributed by atoms with Crippen LogP contribution in [-0.2, 0) is 10.3 Å². The third kappa shape index (κ3) is 2.58. The highest BCUT2D eigenvalue weighted by molar-refractivity contribution is 5.30. The van der Waals surface area contributed by atoms with Gasteiger partial charge < -0.3 is 4.74 Å². The number of rotatable bonds is 3. The zero-order valence-corrected chi connectivity index (χ0v) is 9.79. The average Bonchev–Trinajstić information content (AvgIpc) is 2.02. The molecule has 0 N–H and O–H groups in total. The summed E-state index contributed by atoms with van der Waals surface area (Å²) >= 11 is 0. The van der Waals surface area contributed by atoms with E-state index in [0.29, 0.717) is 0 Å². The lowest BCUT2D eigenvalue weighted by Gasteiger charge is -2.29. The van der Waals surface area contributed by atoms with E-state index in [-0.39, 0.29) is 11.7 Å². The molecule has 0 aliphatic rings. The molecule has 1 heteroatoms. The van der Waals surface area contributed by atoms with E-state index in [1.165, 1.54) is 11.1 Å². The Hall–Kier alpha value is -0.820. The monoisotopic (exact) mass is 192 g/mol. The first-order valence-corrected chi connectivity index (χ1v) is 5.17. The maximum Gasteiger partial charge on any atom is 0.0881 e. The Kier molecular flexibility index (Phi) is 3.33. The highest BCUT2D eigenvalue weighted by Crippen LogP contribution is 2.28. The predicted molar refractivity (Wildman–Crippen MR) is 60.4 cm³/mol. The molecule has 14 heavy (non-hydrogen) atoms. The molecule has 1 nitrogen and oxygen atoms in total. The number of benzene rings is 1. The molecule has 0 saturated heterocycles. The summed E-state index contributed by atoms with van der Waals surface area (Å²) in [6.07, 6.45) is 0.254. The van der Waals surface area contributed by atoms with Crippen LogP contribution < -0.4 is 0 Å². The van der Waals surface area contributed by atoms with E-state index < -0.39 is 0 Å². The lowest BCUT2D eigenvalue weighted by Crippen LogP contribution is -2.26. The number of hydrogen-bond donors (Lipinski definition) is 0. The summed E-state index contributed by atoms with van der Waals surface area (Å²) in [6.45, 7) is 10.5. The van der Waals surface area contributed by atoms with Gasteiger partial charge in [0, 0.05) is 0 Å². The van der Waals surface area contributed by atoms with Gasteiger partial charge in [0.25, 0.3) is 0 Å². The van der Waals surface area contributed by atoms with Crippen molar-refractivity contribution in [1.82, 2.24) is 0 Å². The molecule has 0 radical (unpaired) electrons. The Labute approximate surface area is 87.1 Å². The van der Waals surface area contributed by atoms with Crippen molar-refractivity contribution < 1.29 is 4.74 Å². The summed E-state index contributed by atoms with van der Waals surface area (Å²) in [7, 11) is 0. The molecule has 0 atom stereocenters. The topological polar surface area (TPSA) is 9.23 Å². The van der Waals surface area contributed by atoms with Crippen LogP contribution in [-0.4, -0.2) is 6.10 Å². The molecule has 0 aliphatic carbocycles. The van der Waals surface area contributed by atoms with Crippen molar-refractivity contribution in [3.05, 3.63) is 35.4 Å². The second kappa shape index (κ2) is 4.14. The second-order valence-corrected chi connectivity index (χ2v) is 4.49. The molecule has 0 aliphatic heterocycles. The summed E-state index contributed by atoms with van der Waals surface area (Å²) < 4.78 is 5.90. The van der Waals surface area contributed by atoms with Gasteiger partial charge in [-0.2, -0.15) is 0 Å². The highest BCUT2D eigenvalue weighted by atomic mass is 16.5. The van der Waals surface area contributed by atoms with Crippen LogP contribution >= 0.6 is 0 Å². The zero-order chi connectivity index (χ0) is 10.8. The summed E-state index contributed by atoms with van der Waals surface area (Å²) in [5, 5.41) is 0. The van der Waals surface area contributed by atoms with Gasteiger partial charge in [0.15, 0.2) is 0 Å². The van der Waals surface area contributed by atoms with Gasteiger partial charge in [0.2, 0.25) is 0 Å². The van der Waals surface area contributed by atoms with E-state index in [2.05, 4.69) is 58.9 Å². The first-order valence-electron chi connectivity index (χ1n) is 5.17. The average molecular weight is 192 g/mol. The van der Waals surface area contributed by atoms with Gasteiger partial charge >= 0.3 is 0 Å². The van der Waals surface area contributed by atoms with Crippen molar-refractivity contribution in [1.29, 1.82) is 0 Å². The van der Waals surface area contributed by atoms with E-state index in [0.717, 1.165) is 0 Å². The van der Waals surface area contributed by atoms with Crippen LogP contribution in [0.2, 0.25) is 0 Å². The number of hydrogen-bond acceptors (Lipinski definition) is 1. The van der Waals surface area contributed by atoms with Crippen LogP contribution in [0.5, 0.6) is 0 Å². The van der Waals surface area contributed by atoms with E-state index in [4.69, 9.17) is 4.74 Å². The molecule has 0 spiro atoms. The first kappa shape index (κ1) is 11.3. The third-order valence-electron chi connectivity index (χ3n) is 2.32. The van der Waals surface area contributed by atoms with Crippen molar-refractivity contribution in [2.24, 2.45) is 0 Å². The Balaban J connectivity index is 2.97. The van der Waals surface area contributed by atoms with Crippen molar-refractivity contribution in [2.75, 3.05) is 0 Å². The van der Waals surface area contributed by atoms with Gasteiger partial charge in [-0.15, -0.1) is 0 Å². The highest BCUT2D eigenvalue weighted by Gasteiger charge is 2.23. The van der Waals surface area contributed by atoms with Crippen LogP contribution in [0.4, 0.5) is 0 Å². The number of ether oxygens (including phenoxy) is 1. The molecule has 78 valence electrons. The largest absolute Gasteiger partial charge is 0.368 e. The SMILES string of the molecule is Cc1ccccc1C(C)(C)OC(C)C. The quantitative estimate of drug-likeness (QED) is 0.710. The third-order valence-corrected chi connectivity index (χ3v) is 2.32. The molecule has 1 rings (SSSR count). The van der Waals surface area contributed by atoms with E-state index in [1.54, 1.807) is 0 Å². The molecular weight excluding hydrogens is 172 g/mol. The minimum absolute atomic E-state index is 0.195. The predicted octanol–water partition coefficient (Wildman–Crippen LogP) is 3.66. The second-order valence-electron chi connectivity index (χ2n) is 4.49. The Morgan fingerprint density at radius 2 is 1.71 bits per heavy atom. The fraction of sp³-hybridized carbons (Fsp3) is 0.538. The Morgan fingerprint density at radius 1 is 1.14 bits per heavy atom. The maximum atomic E-state index is 5.90. The smallest absolute Gasteiger partial charge is 0.0881 e. The molecule has 0 bridgehead atoms. The van der Waals surface area contributed by atoms with Crippen molar-refractivity contribution in [3.8, 4) is 0 Å². The first-order chi connectivity index (χ1) is 6.43. The molecule has 0 amide bonds. The maximum absolute atomic E-state index is 5.90. The lowest BCUT2D eigenvalue weighted by atomic mass is 9.93. The standard InChI is InChI=1S/C13H20O/c1-10(2)14-13(4,5)12-9-7-6-8-11(12)3/h6-10H,1-5H3. The van der Waals surface area contributed by atoms with Gasteiger partial charge in [0.1, 0.15) is 0 Å². The Morgan fingerprint density at radius 3 is 2.21 bits per heavy atom. The van der Waals surface area contributed by atoms with Crippen molar-refractivity contribution in [3.63, 3.8) is 0 Å². The summed E-state index contributed by atoms with van der Waals surface area (Å²) in [4.78, 5) is 0. The fourth-order valence-electron chi connectivity index (χ4n) is 1.90. The van der Waals surface area contributed by atoms with Crippen molar-refractivity contribution >= 4 is 0 Å². The summed E-state index contributed by atoms with van der Waals surface area (Å²) in [5.41, 5.74) is 2.37. The molecule has 0 fully saturated rings. The zero-order valence-electron chi connectivity index (χ0n) is 9.79. The van der Waals surface area contributed by atoms with Crippen LogP contribution in [0.3, 0.4) is 0 Å². The van der Waals surface area contributed by atoms with Gasteiger partial charge in [-0.3, -0.25) is 0 Å². The minimum Gasteiger partial charge on any atom is -0.368 e. The summed E-state index contributed by atoms with van der Waals surface area (Å²) in [5.74, 6) is 0. The minimum atomic E-state index is -0.195. The molecule has 0 unspecified atom stereocenters. The normalized spacial score (nSPS) is 12.1. The van der Waals surface area contributed by atoms with Gasteiger partial charge in [-0.1, -0.05) is 24.3 Å². The fourth-order valence-corrected chi connectivity index (χ4v) is 1.90. The van der Waals surface area contributed by atoms with Crippen LogP contribution in [0.25, 0.3) is 0 Å². The molecular formula is C13H20O. The summed E-state index contributed by atoms with van der Waals surface area (Å²) in [6, 6.07) is 8.39. The molecule has 0 saturated carbocycles. The lowest BCUT2D eigenvalue weighted by molar-refractivity contribution is -0.0603.